The van der Waals surface area contributed by atoms with E-state index < -0.39 is 47.7 Å². The summed E-state index contributed by atoms with van der Waals surface area (Å²) in [6, 6.07) is 7.53. The van der Waals surface area contributed by atoms with Gasteiger partial charge in [0.25, 0.3) is 0 Å². The molecule has 10 heteroatoms. The molecular weight excluding hydrogens is 574 g/mol. The molecule has 1 aromatic carbocycles. The number of carbonyl (C=O) groups is 4. The van der Waals surface area contributed by atoms with Crippen molar-refractivity contribution >= 4 is 23.7 Å². The van der Waals surface area contributed by atoms with Crippen molar-refractivity contribution in [2.45, 2.75) is 89.2 Å². The zero-order chi connectivity index (χ0) is 32.1. The molecule has 2 N–H and O–H groups in total. The van der Waals surface area contributed by atoms with Gasteiger partial charge >= 0.3 is 5.97 Å². The van der Waals surface area contributed by atoms with Gasteiger partial charge in [-0.3, -0.25) is 19.2 Å². The minimum Gasteiger partial charge on any atom is -0.455 e. The van der Waals surface area contributed by atoms with E-state index in [-0.39, 0.29) is 43.2 Å². The van der Waals surface area contributed by atoms with Crippen molar-refractivity contribution in [3.63, 3.8) is 0 Å². The van der Waals surface area contributed by atoms with E-state index in [0.717, 1.165) is 19.3 Å². The van der Waals surface area contributed by atoms with Crippen LogP contribution in [0.5, 0.6) is 0 Å². The number of nitrogens with zero attached hydrogens (tertiary/aromatic N) is 2. The number of carbonyl (C=O) groups excluding carboxylic acids is 4. The average Bonchev–Trinajstić information content (AvgIpc) is 3.42. The number of esters is 1. The van der Waals surface area contributed by atoms with Gasteiger partial charge in [0.15, 0.2) is 0 Å². The van der Waals surface area contributed by atoms with Crippen LogP contribution in [0.2, 0.25) is 0 Å². The second kappa shape index (κ2) is 14.3. The minimum atomic E-state index is -1.42. The molecule has 4 heterocycles. The summed E-state index contributed by atoms with van der Waals surface area (Å²) >= 11 is 0. The zero-order valence-electron chi connectivity index (χ0n) is 26.6. The molecule has 0 unspecified atom stereocenters. The van der Waals surface area contributed by atoms with Crippen molar-refractivity contribution in [3.8, 4) is 0 Å². The lowest BCUT2D eigenvalue weighted by molar-refractivity contribution is -0.161. The first-order valence-corrected chi connectivity index (χ1v) is 16.5. The number of nitrogens with one attached hydrogen (secondary N) is 1. The standard InChI is InChI=1S/C35H47N3O7/c1-4-5-11-18-37-19-12-17-35-30(32(41)38(31(35)33(37)42)25(22-39)20-23(2)3)29-26(45-35)15-9-10-16-28(40)36-21-27(44-34(29)43)24-13-7-6-8-14-24/h6-9,12-15,17,23,25-27,29-31,39H,4-5,10-11,16,18-22H2,1-3H3,(H,36,40)/b15-9-/t25-,26-,27+,29+,30+,31-,35+/m1/s1. The van der Waals surface area contributed by atoms with E-state index in [1.807, 2.05) is 56.3 Å². The van der Waals surface area contributed by atoms with Gasteiger partial charge in [-0.2, -0.15) is 0 Å². The number of rotatable bonds is 9. The summed E-state index contributed by atoms with van der Waals surface area (Å²) in [6.07, 6.45) is 9.55. The first kappa shape index (κ1) is 32.9. The number of fused-ring (bicyclic) bond motifs is 2. The number of ether oxygens (including phenoxy) is 2. The van der Waals surface area contributed by atoms with Crippen molar-refractivity contribution in [2.75, 3.05) is 26.2 Å². The Morgan fingerprint density at radius 2 is 1.84 bits per heavy atom. The van der Waals surface area contributed by atoms with Gasteiger partial charge in [0.1, 0.15) is 23.7 Å². The van der Waals surface area contributed by atoms with Gasteiger partial charge in [-0.15, -0.1) is 0 Å². The largest absolute Gasteiger partial charge is 0.455 e. The van der Waals surface area contributed by atoms with Crippen molar-refractivity contribution in [1.82, 2.24) is 15.1 Å². The number of aliphatic hydroxyl groups is 1. The van der Waals surface area contributed by atoms with Crippen LogP contribution < -0.4 is 5.32 Å². The maximum Gasteiger partial charge on any atom is 0.313 e. The maximum atomic E-state index is 14.7. The summed E-state index contributed by atoms with van der Waals surface area (Å²) in [5, 5.41) is 13.4. The molecule has 0 aromatic heterocycles. The van der Waals surface area contributed by atoms with Gasteiger partial charge in [0, 0.05) is 19.5 Å². The van der Waals surface area contributed by atoms with Crippen LogP contribution >= 0.6 is 0 Å². The number of cyclic esters (lactones) is 1. The van der Waals surface area contributed by atoms with Crippen LogP contribution in [0.1, 0.15) is 71.0 Å². The molecule has 0 bridgehead atoms. The van der Waals surface area contributed by atoms with Crippen molar-refractivity contribution in [2.24, 2.45) is 17.8 Å². The fraction of sp³-hybridized carbons (Fsp3) is 0.600. The maximum absolute atomic E-state index is 14.7. The average molecular weight is 622 g/mol. The van der Waals surface area contributed by atoms with Crippen LogP contribution in [0.3, 0.4) is 0 Å². The molecule has 4 aliphatic heterocycles. The lowest BCUT2D eigenvalue weighted by Gasteiger charge is -2.39. The molecule has 45 heavy (non-hydrogen) atoms. The van der Waals surface area contributed by atoms with Crippen LogP contribution in [0, 0.1) is 17.8 Å². The Morgan fingerprint density at radius 3 is 2.56 bits per heavy atom. The predicted octanol–water partition coefficient (Wildman–Crippen LogP) is 3.31. The SMILES string of the molecule is CCCCCN1CC=C[C@]23O[C@@H]4/C=C\CCC(=O)NC[C@@H](c5ccccc5)OC(=O)[C@@H]4[C@H]2C(=O)N([C@@H](CO)CC(C)C)[C@@H]3C1=O. The number of benzene rings is 1. The van der Waals surface area contributed by atoms with E-state index in [9.17, 15) is 24.3 Å². The number of likely N-dealkylation sites (tertiary alicyclic amines) is 1. The molecule has 5 rings (SSSR count). The highest BCUT2D eigenvalue weighted by atomic mass is 16.6. The molecule has 0 radical (unpaired) electrons. The molecule has 1 aromatic rings. The van der Waals surface area contributed by atoms with E-state index in [4.69, 9.17) is 9.47 Å². The van der Waals surface area contributed by atoms with Crippen LogP contribution in [0.4, 0.5) is 0 Å². The Bertz CT molecular complexity index is 1300. The minimum absolute atomic E-state index is 0.0845. The van der Waals surface area contributed by atoms with Gasteiger partial charge < -0.3 is 29.7 Å². The van der Waals surface area contributed by atoms with Gasteiger partial charge in [-0.1, -0.05) is 88.2 Å². The first-order valence-electron chi connectivity index (χ1n) is 16.5. The topological polar surface area (TPSA) is 125 Å². The monoisotopic (exact) mass is 621 g/mol. The van der Waals surface area contributed by atoms with Crippen LogP contribution in [-0.4, -0.2) is 88.6 Å². The number of aliphatic hydroxyl groups excluding tert-OH is 1. The third-order valence-corrected chi connectivity index (χ3v) is 9.44. The molecule has 1 spiro atoms. The van der Waals surface area contributed by atoms with Gasteiger partial charge in [-0.25, -0.2) is 0 Å². The number of unbranched alkanes of at least 4 members (excludes halogenated alkanes) is 2. The Balaban J connectivity index is 1.59. The molecule has 2 fully saturated rings. The van der Waals surface area contributed by atoms with E-state index in [0.29, 0.717) is 31.5 Å². The molecule has 3 amide bonds. The third-order valence-electron chi connectivity index (χ3n) is 9.44. The third kappa shape index (κ3) is 6.58. The Morgan fingerprint density at radius 1 is 1.07 bits per heavy atom. The van der Waals surface area contributed by atoms with E-state index >= 15 is 0 Å². The first-order chi connectivity index (χ1) is 21.7. The summed E-state index contributed by atoms with van der Waals surface area (Å²) in [6.45, 7) is 6.80. The van der Waals surface area contributed by atoms with Crippen molar-refractivity contribution < 1.29 is 33.8 Å². The summed E-state index contributed by atoms with van der Waals surface area (Å²) in [7, 11) is 0. The van der Waals surface area contributed by atoms with Crippen LogP contribution in [0.25, 0.3) is 0 Å². The summed E-state index contributed by atoms with van der Waals surface area (Å²) in [5.41, 5.74) is -0.710. The van der Waals surface area contributed by atoms with E-state index in [2.05, 4.69) is 12.2 Å². The predicted molar refractivity (Wildman–Crippen MR) is 167 cm³/mol. The smallest absolute Gasteiger partial charge is 0.313 e. The van der Waals surface area contributed by atoms with E-state index in [1.54, 1.807) is 17.1 Å². The summed E-state index contributed by atoms with van der Waals surface area (Å²) in [4.78, 5) is 59.2. The fourth-order valence-corrected chi connectivity index (χ4v) is 7.36. The van der Waals surface area contributed by atoms with Crippen LogP contribution in [-0.2, 0) is 28.7 Å². The van der Waals surface area contributed by atoms with Crippen molar-refractivity contribution in [1.29, 1.82) is 0 Å². The van der Waals surface area contributed by atoms with Crippen molar-refractivity contribution in [3.05, 3.63) is 60.2 Å². The molecule has 4 aliphatic rings. The molecule has 244 valence electrons. The fourth-order valence-electron chi connectivity index (χ4n) is 7.36. The Hall–Kier alpha value is -3.50. The van der Waals surface area contributed by atoms with Gasteiger partial charge in [-0.05, 0) is 30.7 Å². The molecular formula is C35H47N3O7. The molecule has 0 aliphatic carbocycles. The molecule has 10 nitrogen and oxygen atoms in total. The number of allylic oxidation sites excluding steroid dienone is 1. The van der Waals surface area contributed by atoms with E-state index in [1.165, 1.54) is 4.90 Å². The lowest BCUT2D eigenvalue weighted by atomic mass is 9.78. The highest BCUT2D eigenvalue weighted by molar-refractivity contribution is 5.99. The normalized spacial score (nSPS) is 31.7. The second-order valence-corrected chi connectivity index (χ2v) is 13.1. The second-order valence-electron chi connectivity index (χ2n) is 13.1. The Labute approximate surface area is 265 Å². The number of hydrogen-bond acceptors (Lipinski definition) is 7. The summed E-state index contributed by atoms with van der Waals surface area (Å²) < 4.78 is 12.9. The highest BCUT2D eigenvalue weighted by Gasteiger charge is 2.72. The summed E-state index contributed by atoms with van der Waals surface area (Å²) in [5.74, 6) is -3.33. The quantitative estimate of drug-likeness (QED) is 0.246. The van der Waals surface area contributed by atoms with Crippen LogP contribution in [0.15, 0.2) is 54.6 Å². The highest BCUT2D eigenvalue weighted by Crippen LogP contribution is 2.54. The Kier molecular flexibility index (Phi) is 10.4. The van der Waals surface area contributed by atoms with Gasteiger partial charge in [0.2, 0.25) is 17.7 Å². The number of amides is 3. The zero-order valence-corrected chi connectivity index (χ0v) is 26.6. The van der Waals surface area contributed by atoms with Gasteiger partial charge in [0.05, 0.1) is 31.2 Å². The number of hydrogen-bond donors (Lipinski definition) is 2. The molecule has 2 saturated heterocycles. The lowest BCUT2D eigenvalue weighted by Crippen LogP contribution is -2.58. The molecule has 7 atom stereocenters. The molecule has 0 saturated carbocycles.